The summed E-state index contributed by atoms with van der Waals surface area (Å²) in [6.07, 6.45) is 6.16. The fourth-order valence-corrected chi connectivity index (χ4v) is 6.36. The van der Waals surface area contributed by atoms with E-state index in [9.17, 15) is 18.0 Å². The molecule has 0 aliphatic heterocycles. The number of aromatic nitrogens is 4. The van der Waals surface area contributed by atoms with Crippen molar-refractivity contribution in [2.24, 2.45) is 5.92 Å². The molecule has 0 radical (unpaired) electrons. The average Bonchev–Trinajstić information content (AvgIpc) is 3.46. The normalized spacial score (nSPS) is 13.4. The van der Waals surface area contributed by atoms with Crippen molar-refractivity contribution in [1.29, 1.82) is 0 Å². The van der Waals surface area contributed by atoms with Gasteiger partial charge in [0.25, 0.3) is 11.8 Å². The van der Waals surface area contributed by atoms with Crippen molar-refractivity contribution in [2.45, 2.75) is 35.7 Å². The number of hydrogen-bond donors (Lipinski definition) is 2. The summed E-state index contributed by atoms with van der Waals surface area (Å²) in [6.45, 7) is 0.715. The number of nitrogens with one attached hydrogen (secondary N) is 2. The highest BCUT2D eigenvalue weighted by Gasteiger charge is 2.24. The second-order valence-electron chi connectivity index (χ2n) is 10.2. The molecule has 212 valence electrons. The number of rotatable bonds is 9. The lowest BCUT2D eigenvalue weighted by atomic mass is 9.85. The van der Waals surface area contributed by atoms with E-state index in [1.165, 1.54) is 35.6 Å². The van der Waals surface area contributed by atoms with Crippen LogP contribution in [0.3, 0.4) is 0 Å². The summed E-state index contributed by atoms with van der Waals surface area (Å²) in [7, 11) is -3.84. The molecule has 0 spiro atoms. The Kier molecular flexibility index (Phi) is 7.49. The number of benzene rings is 3. The molecule has 0 bridgehead atoms. The number of carbonyl (C=O) groups is 2. The zero-order valence-corrected chi connectivity index (χ0v) is 23.4. The monoisotopic (exact) mass is 580 g/mol. The lowest BCUT2D eigenvalue weighted by Gasteiger charge is -2.25. The highest BCUT2D eigenvalue weighted by atomic mass is 32.2. The van der Waals surface area contributed by atoms with Crippen LogP contribution in [0.25, 0.3) is 10.8 Å². The number of carbonyl (C=O) groups excluding carboxylic acids is 2. The summed E-state index contributed by atoms with van der Waals surface area (Å²) >= 11 is 0. The first-order valence-electron chi connectivity index (χ1n) is 13.7. The van der Waals surface area contributed by atoms with Crippen LogP contribution in [0.5, 0.6) is 0 Å². The predicted molar refractivity (Wildman–Crippen MR) is 157 cm³/mol. The van der Waals surface area contributed by atoms with E-state index in [-0.39, 0.29) is 28.1 Å². The molecule has 2 amide bonds. The Bertz CT molecular complexity index is 1880. The molecule has 3 aromatic carbocycles. The molecular weight excluding hydrogens is 552 g/mol. The fourth-order valence-electron chi connectivity index (χ4n) is 5.04. The Balaban J connectivity index is 1.27. The SMILES string of the molecule is O=C(NCC1CCC1)c1ncccc1NC(=O)c1ccc(Cn2nncc2S(=O)(=O)c2ccccc2)c2ccccc12. The zero-order valence-electron chi connectivity index (χ0n) is 22.6. The lowest BCUT2D eigenvalue weighted by Crippen LogP contribution is -2.33. The Morgan fingerprint density at radius 3 is 2.40 bits per heavy atom. The van der Waals surface area contributed by atoms with Gasteiger partial charge in [-0.15, -0.1) is 5.10 Å². The van der Waals surface area contributed by atoms with E-state index in [0.717, 1.165) is 23.8 Å². The minimum Gasteiger partial charge on any atom is -0.350 e. The number of sulfone groups is 1. The van der Waals surface area contributed by atoms with Crippen LogP contribution < -0.4 is 10.6 Å². The topological polar surface area (TPSA) is 136 Å². The molecule has 1 saturated carbocycles. The Morgan fingerprint density at radius 2 is 1.64 bits per heavy atom. The zero-order chi connectivity index (χ0) is 29.1. The van der Waals surface area contributed by atoms with E-state index in [1.807, 2.05) is 24.3 Å². The van der Waals surface area contributed by atoms with Crippen molar-refractivity contribution >= 4 is 38.1 Å². The van der Waals surface area contributed by atoms with Crippen LogP contribution >= 0.6 is 0 Å². The first kappa shape index (κ1) is 27.3. The number of pyridine rings is 1. The van der Waals surface area contributed by atoms with Gasteiger partial charge in [0.05, 0.1) is 23.3 Å². The van der Waals surface area contributed by atoms with Crippen LogP contribution in [0.2, 0.25) is 0 Å². The smallest absolute Gasteiger partial charge is 0.272 e. The molecule has 0 saturated heterocycles. The number of nitrogens with zero attached hydrogens (tertiary/aromatic N) is 4. The molecule has 2 heterocycles. The van der Waals surface area contributed by atoms with Crippen LogP contribution in [-0.4, -0.2) is 46.8 Å². The summed E-state index contributed by atoms with van der Waals surface area (Å²) in [5.41, 5.74) is 1.63. The molecule has 0 unspecified atom stereocenters. The maximum absolute atomic E-state index is 13.5. The largest absolute Gasteiger partial charge is 0.350 e. The van der Waals surface area contributed by atoms with Crippen LogP contribution in [0.15, 0.2) is 101 Å². The third-order valence-corrected chi connectivity index (χ3v) is 9.30. The molecule has 42 heavy (non-hydrogen) atoms. The van der Waals surface area contributed by atoms with E-state index in [0.29, 0.717) is 29.1 Å². The first-order chi connectivity index (χ1) is 20.4. The maximum Gasteiger partial charge on any atom is 0.272 e. The van der Waals surface area contributed by atoms with Crippen molar-refractivity contribution in [1.82, 2.24) is 25.3 Å². The molecule has 5 aromatic rings. The van der Waals surface area contributed by atoms with Crippen LogP contribution in [0.1, 0.15) is 45.7 Å². The van der Waals surface area contributed by atoms with Gasteiger partial charge in [-0.1, -0.05) is 60.2 Å². The van der Waals surface area contributed by atoms with E-state index < -0.39 is 15.7 Å². The maximum atomic E-state index is 13.5. The van der Waals surface area contributed by atoms with E-state index in [4.69, 9.17) is 0 Å². The molecule has 1 aliphatic carbocycles. The molecule has 2 N–H and O–H groups in total. The van der Waals surface area contributed by atoms with Gasteiger partial charge in [0.2, 0.25) is 9.84 Å². The van der Waals surface area contributed by atoms with Crippen molar-refractivity contribution in [3.63, 3.8) is 0 Å². The van der Waals surface area contributed by atoms with E-state index in [1.54, 1.807) is 42.5 Å². The number of hydrogen-bond acceptors (Lipinski definition) is 7. The van der Waals surface area contributed by atoms with E-state index in [2.05, 4.69) is 25.9 Å². The van der Waals surface area contributed by atoms with Gasteiger partial charge in [-0.2, -0.15) is 0 Å². The molecule has 1 aliphatic rings. The summed E-state index contributed by atoms with van der Waals surface area (Å²) in [5.74, 6) is -0.230. The average molecular weight is 581 g/mol. The molecule has 11 heteroatoms. The Hall–Kier alpha value is -4.90. The Morgan fingerprint density at radius 1 is 0.881 bits per heavy atom. The Labute approximate surface area is 242 Å². The summed E-state index contributed by atoms with van der Waals surface area (Å²) < 4.78 is 27.9. The second kappa shape index (κ2) is 11.5. The van der Waals surface area contributed by atoms with Crippen LogP contribution in [0.4, 0.5) is 5.69 Å². The molecule has 6 rings (SSSR count). The third kappa shape index (κ3) is 5.38. The lowest BCUT2D eigenvalue weighted by molar-refractivity contribution is 0.0935. The highest BCUT2D eigenvalue weighted by molar-refractivity contribution is 7.91. The number of amides is 2. The van der Waals surface area contributed by atoms with Gasteiger partial charge >= 0.3 is 0 Å². The third-order valence-electron chi connectivity index (χ3n) is 7.54. The summed E-state index contributed by atoms with van der Waals surface area (Å²) in [4.78, 5) is 30.7. The minimum absolute atomic E-state index is 0.0284. The van der Waals surface area contributed by atoms with Crippen molar-refractivity contribution in [2.75, 3.05) is 11.9 Å². The molecule has 0 atom stereocenters. The summed E-state index contributed by atoms with van der Waals surface area (Å²) in [5, 5.41) is 15.1. The van der Waals surface area contributed by atoms with Gasteiger partial charge < -0.3 is 10.6 Å². The fraction of sp³-hybridized carbons (Fsp3) is 0.194. The quantitative estimate of drug-likeness (QED) is 0.262. The first-order valence-corrected chi connectivity index (χ1v) is 15.1. The minimum atomic E-state index is -3.84. The van der Waals surface area contributed by atoms with Gasteiger partial charge in [-0.3, -0.25) is 9.59 Å². The van der Waals surface area contributed by atoms with Crippen molar-refractivity contribution < 1.29 is 18.0 Å². The van der Waals surface area contributed by atoms with Gasteiger partial charge in [-0.25, -0.2) is 18.1 Å². The standard InChI is InChI=1S/C31H28N6O4S/c38-30(35-27-14-7-17-32-29(27)31(39)33-18-21-8-6-9-21)26-16-15-22(24-12-4-5-13-25(24)26)20-37-28(19-34-36-37)42(40,41)23-10-2-1-3-11-23/h1-5,7,10-17,19,21H,6,8-9,18,20H2,(H,33,39)(H,35,38). The van der Waals surface area contributed by atoms with Gasteiger partial charge in [-0.05, 0) is 65.4 Å². The van der Waals surface area contributed by atoms with Crippen LogP contribution in [-0.2, 0) is 16.4 Å². The molecule has 10 nitrogen and oxygen atoms in total. The van der Waals surface area contributed by atoms with Gasteiger partial charge in [0.15, 0.2) is 10.7 Å². The van der Waals surface area contributed by atoms with Gasteiger partial charge in [0.1, 0.15) is 0 Å². The number of anilines is 1. The molecular formula is C31H28N6O4S. The highest BCUT2D eigenvalue weighted by Crippen LogP contribution is 2.28. The van der Waals surface area contributed by atoms with Gasteiger partial charge in [0, 0.05) is 18.3 Å². The number of fused-ring (bicyclic) bond motifs is 1. The van der Waals surface area contributed by atoms with E-state index >= 15 is 0 Å². The van der Waals surface area contributed by atoms with Crippen molar-refractivity contribution in [3.05, 3.63) is 108 Å². The predicted octanol–water partition coefficient (Wildman–Crippen LogP) is 4.49. The van der Waals surface area contributed by atoms with Crippen molar-refractivity contribution in [3.8, 4) is 0 Å². The van der Waals surface area contributed by atoms with Crippen LogP contribution in [0, 0.1) is 5.92 Å². The molecule has 2 aromatic heterocycles. The summed E-state index contributed by atoms with van der Waals surface area (Å²) in [6, 6.07) is 22.3. The molecule has 1 fully saturated rings. The second-order valence-corrected chi connectivity index (χ2v) is 12.1.